The molecule has 1 amide bonds. The van der Waals surface area contributed by atoms with Gasteiger partial charge in [-0.3, -0.25) is 9.69 Å². The molecule has 132 valence electrons. The third-order valence-electron chi connectivity index (χ3n) is 4.69. The number of hydrogen-bond donors (Lipinski definition) is 1. The van der Waals surface area contributed by atoms with Crippen LogP contribution in [0.3, 0.4) is 0 Å². The molecule has 3 rings (SSSR count). The van der Waals surface area contributed by atoms with Gasteiger partial charge in [0.05, 0.1) is 13.2 Å². The largest absolute Gasteiger partial charge is 0.379 e. The number of rotatable bonds is 4. The third kappa shape index (κ3) is 3.58. The zero-order valence-electron chi connectivity index (χ0n) is 13.5. The highest BCUT2D eigenvalue weighted by Crippen LogP contribution is 2.26. The Labute approximate surface area is 139 Å². The lowest BCUT2D eigenvalue weighted by atomic mass is 9.90. The molecule has 0 aliphatic carbocycles. The molecule has 7 heteroatoms. The molecule has 0 radical (unpaired) electrons. The summed E-state index contributed by atoms with van der Waals surface area (Å²) in [6.45, 7) is 3.17. The average molecular weight is 340 g/mol. The highest BCUT2D eigenvalue weighted by molar-refractivity contribution is 5.86. The number of hydrogen-bond acceptors (Lipinski definition) is 4. The number of carbonyl (C=O) groups excluding carboxylic acids is 1. The molecule has 0 saturated carbocycles. The van der Waals surface area contributed by atoms with Gasteiger partial charge in [-0.15, -0.1) is 0 Å². The van der Waals surface area contributed by atoms with Crippen molar-refractivity contribution in [3.63, 3.8) is 0 Å². The summed E-state index contributed by atoms with van der Waals surface area (Å²) in [4.78, 5) is 16.1. The SMILES string of the molecule is O=C1N(Cc2cccc(F)c2F)CCC[C@]1(O)CN1CCOCC1. The summed E-state index contributed by atoms with van der Waals surface area (Å²) < 4.78 is 32.5. The van der Waals surface area contributed by atoms with Gasteiger partial charge in [0.25, 0.3) is 5.91 Å². The summed E-state index contributed by atoms with van der Waals surface area (Å²) in [7, 11) is 0. The lowest BCUT2D eigenvalue weighted by molar-refractivity contribution is -0.161. The quantitative estimate of drug-likeness (QED) is 0.893. The molecule has 2 heterocycles. The topological polar surface area (TPSA) is 53.0 Å². The summed E-state index contributed by atoms with van der Waals surface area (Å²) in [6, 6.07) is 3.93. The molecule has 2 aliphatic heterocycles. The maximum Gasteiger partial charge on any atom is 0.256 e. The van der Waals surface area contributed by atoms with Gasteiger partial charge in [-0.1, -0.05) is 12.1 Å². The molecular weight excluding hydrogens is 318 g/mol. The van der Waals surface area contributed by atoms with E-state index in [9.17, 15) is 18.7 Å². The fraction of sp³-hybridized carbons (Fsp3) is 0.588. The van der Waals surface area contributed by atoms with Crippen molar-refractivity contribution in [2.75, 3.05) is 39.4 Å². The number of amides is 1. The van der Waals surface area contributed by atoms with Crippen LogP contribution < -0.4 is 0 Å². The number of halogens is 2. The molecule has 0 aromatic heterocycles. The summed E-state index contributed by atoms with van der Waals surface area (Å²) in [5, 5.41) is 10.8. The van der Waals surface area contributed by atoms with Crippen molar-refractivity contribution in [1.29, 1.82) is 0 Å². The van der Waals surface area contributed by atoms with Crippen molar-refractivity contribution < 1.29 is 23.4 Å². The second-order valence-electron chi connectivity index (χ2n) is 6.46. The maximum absolute atomic E-state index is 13.9. The number of aliphatic hydroxyl groups is 1. The number of morpholine rings is 1. The van der Waals surface area contributed by atoms with Crippen molar-refractivity contribution in [2.45, 2.75) is 25.0 Å². The highest BCUT2D eigenvalue weighted by Gasteiger charge is 2.43. The fourth-order valence-electron chi connectivity index (χ4n) is 3.37. The van der Waals surface area contributed by atoms with Crippen LogP contribution in [-0.4, -0.2) is 65.8 Å². The van der Waals surface area contributed by atoms with E-state index in [1.165, 1.54) is 17.0 Å². The van der Waals surface area contributed by atoms with E-state index in [0.717, 1.165) is 6.07 Å². The Hall–Kier alpha value is -1.57. The normalized spacial score (nSPS) is 26.0. The minimum absolute atomic E-state index is 0.0339. The monoisotopic (exact) mass is 340 g/mol. The molecule has 1 aromatic rings. The van der Waals surface area contributed by atoms with Gasteiger partial charge in [-0.05, 0) is 18.9 Å². The van der Waals surface area contributed by atoms with Crippen LogP contribution in [0.5, 0.6) is 0 Å². The lowest BCUT2D eigenvalue weighted by Gasteiger charge is -2.41. The minimum atomic E-state index is -1.47. The summed E-state index contributed by atoms with van der Waals surface area (Å²) >= 11 is 0. The molecule has 1 aromatic carbocycles. The van der Waals surface area contributed by atoms with E-state index in [4.69, 9.17) is 4.74 Å². The van der Waals surface area contributed by atoms with Crippen molar-refractivity contribution in [1.82, 2.24) is 9.80 Å². The standard InChI is InChI=1S/C17H22F2N2O3/c18-14-4-1-3-13(15(14)19)11-21-6-2-5-17(23,16(21)22)12-20-7-9-24-10-8-20/h1,3-4,23H,2,5-12H2/t17-/m0/s1. The van der Waals surface area contributed by atoms with Crippen LogP contribution >= 0.6 is 0 Å². The first-order valence-corrected chi connectivity index (χ1v) is 8.24. The molecule has 5 nitrogen and oxygen atoms in total. The molecule has 24 heavy (non-hydrogen) atoms. The molecular formula is C17H22F2N2O3. The number of benzene rings is 1. The van der Waals surface area contributed by atoms with Crippen molar-refractivity contribution in [2.24, 2.45) is 0 Å². The molecule has 0 unspecified atom stereocenters. The number of β-amino-alcohol motifs (C(OH)–C–C–N with tert-alkyl or cyclic N) is 1. The van der Waals surface area contributed by atoms with Crippen LogP contribution in [-0.2, 0) is 16.1 Å². The van der Waals surface area contributed by atoms with E-state index >= 15 is 0 Å². The van der Waals surface area contributed by atoms with Crippen molar-refractivity contribution in [3.05, 3.63) is 35.4 Å². The van der Waals surface area contributed by atoms with Crippen LogP contribution in [0.2, 0.25) is 0 Å². The van der Waals surface area contributed by atoms with Gasteiger partial charge in [-0.25, -0.2) is 8.78 Å². The zero-order chi connectivity index (χ0) is 17.2. The van der Waals surface area contributed by atoms with Crippen molar-refractivity contribution in [3.8, 4) is 0 Å². The van der Waals surface area contributed by atoms with Gasteiger partial charge in [0.2, 0.25) is 0 Å². The molecule has 2 fully saturated rings. The van der Waals surface area contributed by atoms with Gasteiger partial charge in [-0.2, -0.15) is 0 Å². The summed E-state index contributed by atoms with van der Waals surface area (Å²) in [6.07, 6.45) is 1.01. The fourth-order valence-corrected chi connectivity index (χ4v) is 3.37. The smallest absolute Gasteiger partial charge is 0.256 e. The third-order valence-corrected chi connectivity index (χ3v) is 4.69. The molecule has 2 aliphatic rings. The first-order chi connectivity index (χ1) is 11.5. The van der Waals surface area contributed by atoms with Crippen LogP contribution in [0.25, 0.3) is 0 Å². The first-order valence-electron chi connectivity index (χ1n) is 8.24. The van der Waals surface area contributed by atoms with Crippen LogP contribution in [0, 0.1) is 11.6 Å². The highest BCUT2D eigenvalue weighted by atomic mass is 19.2. The van der Waals surface area contributed by atoms with E-state index in [1.807, 2.05) is 4.90 Å². The minimum Gasteiger partial charge on any atom is -0.379 e. The van der Waals surface area contributed by atoms with Gasteiger partial charge in [0.1, 0.15) is 0 Å². The predicted molar refractivity (Wildman–Crippen MR) is 83.2 cm³/mol. The Bertz CT molecular complexity index is 607. The first kappa shape index (κ1) is 17.3. The molecule has 1 N–H and O–H groups in total. The van der Waals surface area contributed by atoms with Crippen LogP contribution in [0.15, 0.2) is 18.2 Å². The number of likely N-dealkylation sites (tertiary alicyclic amines) is 1. The average Bonchev–Trinajstić information content (AvgIpc) is 2.57. The maximum atomic E-state index is 13.9. The van der Waals surface area contributed by atoms with Crippen molar-refractivity contribution >= 4 is 5.91 Å². The van der Waals surface area contributed by atoms with E-state index < -0.39 is 23.1 Å². The van der Waals surface area contributed by atoms with Gasteiger partial charge in [0, 0.05) is 38.3 Å². The second kappa shape index (κ2) is 7.13. The van der Waals surface area contributed by atoms with Gasteiger partial charge in [0.15, 0.2) is 17.2 Å². The summed E-state index contributed by atoms with van der Waals surface area (Å²) in [5.41, 5.74) is -1.35. The Balaban J connectivity index is 1.70. The molecule has 0 bridgehead atoms. The number of ether oxygens (including phenoxy) is 1. The number of carbonyl (C=O) groups is 1. The van der Waals surface area contributed by atoms with Gasteiger partial charge >= 0.3 is 0 Å². The lowest BCUT2D eigenvalue weighted by Crippen LogP contribution is -2.59. The molecule has 2 saturated heterocycles. The second-order valence-corrected chi connectivity index (χ2v) is 6.46. The zero-order valence-corrected chi connectivity index (χ0v) is 13.5. The molecule has 0 spiro atoms. The van der Waals surface area contributed by atoms with E-state index in [-0.39, 0.29) is 18.7 Å². The van der Waals surface area contributed by atoms with Crippen LogP contribution in [0.1, 0.15) is 18.4 Å². The van der Waals surface area contributed by atoms with Gasteiger partial charge < -0.3 is 14.7 Å². The molecule has 1 atom stereocenters. The number of nitrogens with zero attached hydrogens (tertiary/aromatic N) is 2. The predicted octanol–water partition coefficient (Wildman–Crippen LogP) is 1.15. The Morgan fingerprint density at radius 3 is 2.71 bits per heavy atom. The van der Waals surface area contributed by atoms with E-state index in [1.54, 1.807) is 0 Å². The van der Waals surface area contributed by atoms with E-state index in [2.05, 4.69) is 0 Å². The Kier molecular flexibility index (Phi) is 5.12. The van der Waals surface area contributed by atoms with E-state index in [0.29, 0.717) is 45.7 Å². The Morgan fingerprint density at radius 2 is 1.96 bits per heavy atom. The van der Waals surface area contributed by atoms with Crippen LogP contribution in [0.4, 0.5) is 8.78 Å². The summed E-state index contributed by atoms with van der Waals surface area (Å²) in [5.74, 6) is -2.28. The Morgan fingerprint density at radius 1 is 1.21 bits per heavy atom. The number of piperidine rings is 1.